The van der Waals surface area contributed by atoms with Crippen LogP contribution in [0.15, 0.2) is 18.2 Å². The normalized spacial score (nSPS) is 10.2. The van der Waals surface area contributed by atoms with Crippen molar-refractivity contribution < 1.29 is 9.53 Å². The molecule has 1 aromatic carbocycles. The molecular weight excluding hydrogens is 232 g/mol. The average molecular weight is 240 g/mol. The average Bonchev–Trinajstić information content (AvgIpc) is 2.57. The maximum atomic E-state index is 11.0. The third-order valence-electron chi connectivity index (χ3n) is 1.85. The number of rotatable bonds is 1. The lowest BCUT2D eigenvalue weighted by atomic mass is 10.3. The molecule has 1 aromatic heterocycles. The Hall–Kier alpha value is -1.40. The van der Waals surface area contributed by atoms with E-state index in [4.69, 9.17) is 12.2 Å². The number of amides is 1. The van der Waals surface area contributed by atoms with E-state index in [2.05, 4.69) is 15.0 Å². The molecule has 2 aromatic rings. The molecule has 0 spiro atoms. The van der Waals surface area contributed by atoms with Crippen molar-refractivity contribution in [2.75, 3.05) is 12.4 Å². The number of H-pyrrole nitrogens is 1. The number of carbonyl (C=O) groups excluding carboxylic acids is 1. The van der Waals surface area contributed by atoms with Crippen LogP contribution in [0, 0.1) is 3.95 Å². The Balaban J connectivity index is 2.38. The summed E-state index contributed by atoms with van der Waals surface area (Å²) < 4.78 is 6.23. The largest absolute Gasteiger partial charge is 0.453 e. The van der Waals surface area contributed by atoms with Gasteiger partial charge in [-0.15, -0.1) is 11.3 Å². The number of hydrogen-bond acceptors (Lipinski definition) is 4. The second-order valence-corrected chi connectivity index (χ2v) is 4.56. The summed E-state index contributed by atoms with van der Waals surface area (Å²) in [6.45, 7) is 0. The highest BCUT2D eigenvalue weighted by Gasteiger charge is 2.02. The predicted octanol–water partition coefficient (Wildman–Crippen LogP) is 3.14. The van der Waals surface area contributed by atoms with E-state index in [1.807, 2.05) is 12.1 Å². The van der Waals surface area contributed by atoms with Gasteiger partial charge in [0.1, 0.15) is 0 Å². The van der Waals surface area contributed by atoms with Gasteiger partial charge in [-0.2, -0.15) is 0 Å². The number of carbonyl (C=O) groups is 1. The number of aromatic amines is 1. The number of nitrogens with one attached hydrogen (secondary N) is 2. The lowest BCUT2D eigenvalue weighted by molar-refractivity contribution is 0.187. The van der Waals surface area contributed by atoms with Gasteiger partial charge in [-0.05, 0) is 30.4 Å². The third kappa shape index (κ3) is 2.16. The van der Waals surface area contributed by atoms with E-state index in [-0.39, 0.29) is 0 Å². The van der Waals surface area contributed by atoms with Crippen molar-refractivity contribution in [1.82, 2.24) is 4.98 Å². The molecule has 0 saturated heterocycles. The molecular formula is C9H8N2O2S2. The van der Waals surface area contributed by atoms with Crippen molar-refractivity contribution >= 4 is 45.6 Å². The maximum Gasteiger partial charge on any atom is 0.411 e. The first-order valence-electron chi connectivity index (χ1n) is 4.17. The summed E-state index contributed by atoms with van der Waals surface area (Å²) in [6, 6.07) is 5.51. The quantitative estimate of drug-likeness (QED) is 0.753. The molecule has 4 nitrogen and oxygen atoms in total. The molecule has 1 heterocycles. The van der Waals surface area contributed by atoms with Crippen molar-refractivity contribution in [2.45, 2.75) is 0 Å². The van der Waals surface area contributed by atoms with Crippen LogP contribution in [0.5, 0.6) is 0 Å². The summed E-state index contributed by atoms with van der Waals surface area (Å²) in [4.78, 5) is 14.0. The Morgan fingerprint density at radius 2 is 2.40 bits per heavy atom. The van der Waals surface area contributed by atoms with Crippen LogP contribution in [0.4, 0.5) is 10.5 Å². The summed E-state index contributed by atoms with van der Waals surface area (Å²) in [5, 5.41) is 2.59. The fourth-order valence-electron chi connectivity index (χ4n) is 1.19. The summed E-state index contributed by atoms with van der Waals surface area (Å²) in [5.41, 5.74) is 1.67. The number of methoxy groups -OCH3 is 1. The predicted molar refractivity (Wildman–Crippen MR) is 63.0 cm³/mol. The van der Waals surface area contributed by atoms with E-state index < -0.39 is 6.09 Å². The minimum absolute atomic E-state index is 0.478. The monoisotopic (exact) mass is 240 g/mol. The Morgan fingerprint density at radius 3 is 3.13 bits per heavy atom. The molecule has 0 fully saturated rings. The summed E-state index contributed by atoms with van der Waals surface area (Å²) in [5.74, 6) is 0. The van der Waals surface area contributed by atoms with Gasteiger partial charge in [0.25, 0.3) is 0 Å². The second-order valence-electron chi connectivity index (χ2n) is 2.84. The molecule has 0 bridgehead atoms. The van der Waals surface area contributed by atoms with E-state index in [1.165, 1.54) is 18.4 Å². The number of benzene rings is 1. The molecule has 0 atom stereocenters. The fraction of sp³-hybridized carbons (Fsp3) is 0.111. The summed E-state index contributed by atoms with van der Waals surface area (Å²) >= 11 is 6.49. The van der Waals surface area contributed by atoms with Gasteiger partial charge >= 0.3 is 6.09 Å². The van der Waals surface area contributed by atoms with Crippen LogP contribution in [0.25, 0.3) is 10.2 Å². The third-order valence-corrected chi connectivity index (χ3v) is 3.05. The molecule has 78 valence electrons. The molecule has 0 aliphatic heterocycles. The van der Waals surface area contributed by atoms with Crippen LogP contribution in [0.3, 0.4) is 0 Å². The van der Waals surface area contributed by atoms with Crippen LogP contribution in [-0.2, 0) is 4.74 Å². The Bertz CT molecular complexity index is 558. The maximum absolute atomic E-state index is 11.0. The number of thiazole rings is 1. The molecule has 1 amide bonds. The van der Waals surface area contributed by atoms with Gasteiger partial charge < -0.3 is 9.72 Å². The van der Waals surface area contributed by atoms with Gasteiger partial charge in [0, 0.05) is 5.69 Å². The number of aromatic nitrogens is 1. The summed E-state index contributed by atoms with van der Waals surface area (Å²) in [7, 11) is 1.33. The molecule has 2 rings (SSSR count). The Morgan fingerprint density at radius 1 is 1.60 bits per heavy atom. The molecule has 0 unspecified atom stereocenters. The van der Waals surface area contributed by atoms with Crippen molar-refractivity contribution in [3.8, 4) is 0 Å². The van der Waals surface area contributed by atoms with E-state index in [9.17, 15) is 4.79 Å². The highest BCUT2D eigenvalue weighted by molar-refractivity contribution is 7.73. The standard InChI is InChI=1S/C9H8N2O2S2/c1-13-8(12)10-5-2-3-6-7(4-5)15-9(14)11-6/h2-4H,1H3,(H,10,12)(H,11,14). The fourth-order valence-corrected chi connectivity index (χ4v) is 2.35. The lowest BCUT2D eigenvalue weighted by Crippen LogP contribution is -2.10. The SMILES string of the molecule is COC(=O)Nc1ccc2[nH]c(=S)sc2c1. The Labute approximate surface area is 94.9 Å². The molecule has 6 heteroatoms. The topological polar surface area (TPSA) is 54.1 Å². The van der Waals surface area contributed by atoms with Gasteiger partial charge in [0.05, 0.1) is 17.3 Å². The number of ether oxygens (including phenoxy) is 1. The number of anilines is 1. The zero-order valence-electron chi connectivity index (χ0n) is 7.87. The van der Waals surface area contributed by atoms with Gasteiger partial charge in [-0.25, -0.2) is 4.79 Å². The first-order chi connectivity index (χ1) is 7.19. The minimum Gasteiger partial charge on any atom is -0.453 e. The van der Waals surface area contributed by atoms with Gasteiger partial charge in [0.15, 0.2) is 3.95 Å². The zero-order valence-corrected chi connectivity index (χ0v) is 9.50. The molecule has 0 aliphatic carbocycles. The van der Waals surface area contributed by atoms with Gasteiger partial charge in [-0.1, -0.05) is 0 Å². The van der Waals surface area contributed by atoms with Crippen molar-refractivity contribution in [3.05, 3.63) is 22.2 Å². The number of fused-ring (bicyclic) bond motifs is 1. The molecule has 0 aliphatic rings. The van der Waals surface area contributed by atoms with Crippen LogP contribution < -0.4 is 5.32 Å². The summed E-state index contributed by atoms with van der Waals surface area (Å²) in [6.07, 6.45) is -0.478. The molecule has 0 radical (unpaired) electrons. The van der Waals surface area contributed by atoms with Crippen LogP contribution >= 0.6 is 23.6 Å². The lowest BCUT2D eigenvalue weighted by Gasteiger charge is -2.02. The van der Waals surface area contributed by atoms with Gasteiger partial charge in [0.2, 0.25) is 0 Å². The molecule has 2 N–H and O–H groups in total. The highest BCUT2D eigenvalue weighted by atomic mass is 32.1. The van der Waals surface area contributed by atoms with E-state index in [1.54, 1.807) is 6.07 Å². The minimum atomic E-state index is -0.478. The van der Waals surface area contributed by atoms with Crippen LogP contribution in [0.2, 0.25) is 0 Å². The smallest absolute Gasteiger partial charge is 0.411 e. The highest BCUT2D eigenvalue weighted by Crippen LogP contribution is 2.23. The number of hydrogen-bond donors (Lipinski definition) is 2. The first kappa shape index (κ1) is 10.1. The van der Waals surface area contributed by atoms with Crippen molar-refractivity contribution in [1.29, 1.82) is 0 Å². The Kier molecular flexibility index (Phi) is 2.70. The zero-order chi connectivity index (χ0) is 10.8. The van der Waals surface area contributed by atoms with E-state index in [0.29, 0.717) is 5.69 Å². The molecule has 15 heavy (non-hydrogen) atoms. The van der Waals surface area contributed by atoms with E-state index >= 15 is 0 Å². The van der Waals surface area contributed by atoms with Crippen molar-refractivity contribution in [2.24, 2.45) is 0 Å². The van der Waals surface area contributed by atoms with E-state index in [0.717, 1.165) is 14.2 Å². The van der Waals surface area contributed by atoms with Crippen LogP contribution in [-0.4, -0.2) is 18.2 Å². The molecule has 0 saturated carbocycles. The van der Waals surface area contributed by atoms with Gasteiger partial charge in [-0.3, -0.25) is 5.32 Å². The van der Waals surface area contributed by atoms with Crippen molar-refractivity contribution in [3.63, 3.8) is 0 Å². The first-order valence-corrected chi connectivity index (χ1v) is 5.39. The van der Waals surface area contributed by atoms with Crippen LogP contribution in [0.1, 0.15) is 0 Å². The second kappa shape index (κ2) is 4.00.